The van der Waals surface area contributed by atoms with Crippen molar-refractivity contribution in [1.82, 2.24) is 4.72 Å². The fourth-order valence-corrected chi connectivity index (χ4v) is 3.82. The average Bonchev–Trinajstić information content (AvgIpc) is 2.69. The number of nitro groups is 1. The highest BCUT2D eigenvalue weighted by Crippen LogP contribution is 2.39. The normalized spacial score (nSPS) is 16.8. The highest BCUT2D eigenvalue weighted by Gasteiger charge is 2.35. The fourth-order valence-electron chi connectivity index (χ4n) is 2.96. The Labute approximate surface area is 180 Å². The monoisotopic (exact) mass is 453 g/mol. The van der Waals surface area contributed by atoms with Crippen LogP contribution in [0, 0.1) is 21.7 Å². The summed E-state index contributed by atoms with van der Waals surface area (Å²) in [5, 5.41) is 13.8. The molecule has 11 heteroatoms. The number of non-ortho nitro benzene ring substituents is 1. The van der Waals surface area contributed by atoms with Gasteiger partial charge in [-0.1, -0.05) is 0 Å². The number of halogens is 2. The van der Waals surface area contributed by atoms with Crippen LogP contribution in [0.25, 0.3) is 0 Å². The number of nitrogens with one attached hydrogen (secondary N) is 2. The van der Waals surface area contributed by atoms with Crippen LogP contribution >= 0.6 is 0 Å². The summed E-state index contributed by atoms with van der Waals surface area (Å²) in [5.74, 6) is -2.90. The van der Waals surface area contributed by atoms with Crippen molar-refractivity contribution in [1.29, 1.82) is 0 Å². The standard InChI is InChI=1S/C20H21F2N3O5S/c1-20(2,3)31(29)24-17-6-7-30-18-13(17)9-12(25(27)28)10-14(18)19(26)23-11-4-5-15(21)16(22)8-11/h4-5,8-10,17,24H,6-7H2,1-3H3,(H,23,26). The van der Waals surface area contributed by atoms with Gasteiger partial charge in [0.15, 0.2) is 11.6 Å². The molecule has 0 saturated heterocycles. The fraction of sp³-hybridized carbons (Fsp3) is 0.350. The van der Waals surface area contributed by atoms with E-state index in [4.69, 9.17) is 4.74 Å². The highest BCUT2D eigenvalue weighted by atomic mass is 32.2. The van der Waals surface area contributed by atoms with Crippen molar-refractivity contribution < 1.29 is 27.8 Å². The number of ether oxygens (including phenoxy) is 1. The maximum absolute atomic E-state index is 13.5. The van der Waals surface area contributed by atoms with E-state index in [1.165, 1.54) is 6.07 Å². The lowest BCUT2D eigenvalue weighted by Gasteiger charge is -2.31. The predicted molar refractivity (Wildman–Crippen MR) is 111 cm³/mol. The molecule has 2 aromatic carbocycles. The van der Waals surface area contributed by atoms with Gasteiger partial charge in [-0.25, -0.2) is 8.78 Å². The van der Waals surface area contributed by atoms with Crippen molar-refractivity contribution in [2.45, 2.75) is 38.0 Å². The highest BCUT2D eigenvalue weighted by molar-refractivity contribution is 7.90. The molecule has 0 saturated carbocycles. The minimum absolute atomic E-state index is 0.0246. The number of hydrogen-bond acceptors (Lipinski definition) is 6. The summed E-state index contributed by atoms with van der Waals surface area (Å²) in [6, 6.07) is 4.61. The van der Waals surface area contributed by atoms with Crippen molar-refractivity contribution in [2.24, 2.45) is 0 Å². The number of anilines is 1. The zero-order chi connectivity index (χ0) is 22.9. The summed E-state index contributed by atoms with van der Waals surface area (Å²) >= 11 is -1.47. The Kier molecular flexibility index (Phi) is 6.48. The Hall–Kier alpha value is -2.76. The number of nitrogens with zero attached hydrogens (tertiary/aromatic N) is 1. The van der Waals surface area contributed by atoms with Crippen molar-refractivity contribution in [2.75, 3.05) is 11.9 Å². The van der Waals surface area contributed by atoms with Crippen LogP contribution in [-0.4, -0.2) is 26.7 Å². The van der Waals surface area contributed by atoms with Gasteiger partial charge in [0.1, 0.15) is 10.5 Å². The summed E-state index contributed by atoms with van der Waals surface area (Å²) in [4.78, 5) is 23.6. The Morgan fingerprint density at radius 1 is 1.23 bits per heavy atom. The zero-order valence-corrected chi connectivity index (χ0v) is 17.8. The lowest BCUT2D eigenvalue weighted by atomic mass is 9.97. The van der Waals surface area contributed by atoms with Gasteiger partial charge < -0.3 is 14.6 Å². The molecule has 1 amide bonds. The van der Waals surface area contributed by atoms with Gasteiger partial charge in [-0.15, -0.1) is 4.72 Å². The first-order chi connectivity index (χ1) is 14.5. The molecule has 31 heavy (non-hydrogen) atoms. The SMILES string of the molecule is CC(C)(C)[S+]([O-])NC1CCOc2c(C(=O)Nc3ccc(F)c(F)c3)cc([N+](=O)[O-])cc21. The van der Waals surface area contributed by atoms with Gasteiger partial charge >= 0.3 is 0 Å². The Morgan fingerprint density at radius 3 is 2.55 bits per heavy atom. The molecule has 3 rings (SSSR count). The van der Waals surface area contributed by atoms with E-state index in [0.717, 1.165) is 24.3 Å². The Balaban J connectivity index is 2.00. The van der Waals surface area contributed by atoms with Crippen molar-refractivity contribution in [3.63, 3.8) is 0 Å². The van der Waals surface area contributed by atoms with E-state index >= 15 is 0 Å². The number of fused-ring (bicyclic) bond motifs is 1. The second-order valence-electron chi connectivity index (χ2n) is 7.94. The minimum Gasteiger partial charge on any atom is -0.598 e. The Bertz CT molecular complexity index is 1030. The van der Waals surface area contributed by atoms with Crippen LogP contribution in [0.4, 0.5) is 20.2 Å². The molecule has 0 fully saturated rings. The third-order valence-electron chi connectivity index (χ3n) is 4.57. The van der Waals surface area contributed by atoms with Crippen molar-refractivity contribution in [3.05, 3.63) is 63.2 Å². The zero-order valence-electron chi connectivity index (χ0n) is 17.0. The summed E-state index contributed by atoms with van der Waals surface area (Å²) in [7, 11) is 0. The van der Waals surface area contributed by atoms with Crippen LogP contribution in [-0.2, 0) is 11.4 Å². The summed E-state index contributed by atoms with van der Waals surface area (Å²) in [6.45, 7) is 5.54. The van der Waals surface area contributed by atoms with Crippen LogP contribution in [0.3, 0.4) is 0 Å². The molecule has 1 aliphatic heterocycles. The summed E-state index contributed by atoms with van der Waals surface area (Å²) in [5.41, 5.74) is -0.188. The van der Waals surface area contributed by atoms with Crippen LogP contribution in [0.2, 0.25) is 0 Å². The quantitative estimate of drug-likeness (QED) is 0.402. The van der Waals surface area contributed by atoms with Gasteiger partial charge in [0.2, 0.25) is 0 Å². The third-order valence-corrected chi connectivity index (χ3v) is 6.18. The van der Waals surface area contributed by atoms with Crippen LogP contribution in [0.15, 0.2) is 30.3 Å². The van der Waals surface area contributed by atoms with Gasteiger partial charge in [0.25, 0.3) is 11.6 Å². The van der Waals surface area contributed by atoms with Crippen molar-refractivity contribution in [3.8, 4) is 5.75 Å². The molecular formula is C20H21F2N3O5S. The van der Waals surface area contributed by atoms with E-state index in [1.54, 1.807) is 20.8 Å². The number of carbonyl (C=O) groups is 1. The predicted octanol–water partition coefficient (Wildman–Crippen LogP) is 4.00. The van der Waals surface area contributed by atoms with Gasteiger partial charge in [-0.3, -0.25) is 14.9 Å². The second-order valence-corrected chi connectivity index (χ2v) is 9.94. The van der Waals surface area contributed by atoms with Gasteiger partial charge in [-0.05, 0) is 32.9 Å². The van der Waals surface area contributed by atoms with E-state index in [2.05, 4.69) is 10.0 Å². The van der Waals surface area contributed by atoms with E-state index < -0.39 is 44.6 Å². The smallest absolute Gasteiger partial charge is 0.270 e. The molecular weight excluding hydrogens is 432 g/mol. The minimum atomic E-state index is -1.47. The number of amides is 1. The molecule has 8 nitrogen and oxygen atoms in total. The van der Waals surface area contributed by atoms with E-state index in [-0.39, 0.29) is 29.3 Å². The van der Waals surface area contributed by atoms with E-state index in [1.807, 2.05) is 0 Å². The summed E-state index contributed by atoms with van der Waals surface area (Å²) < 4.78 is 47.2. The molecule has 0 radical (unpaired) electrons. The number of hydrogen-bond donors (Lipinski definition) is 2. The second kappa shape index (κ2) is 8.77. The van der Waals surface area contributed by atoms with Gasteiger partial charge in [0, 0.05) is 47.2 Å². The molecule has 166 valence electrons. The van der Waals surface area contributed by atoms with Gasteiger partial charge in [-0.2, -0.15) is 0 Å². The topological polar surface area (TPSA) is 117 Å². The number of nitro benzene ring substituents is 1. The molecule has 0 spiro atoms. The first-order valence-corrected chi connectivity index (χ1v) is 10.5. The first-order valence-electron chi connectivity index (χ1n) is 9.37. The van der Waals surface area contributed by atoms with Crippen LogP contribution in [0.5, 0.6) is 5.75 Å². The average molecular weight is 453 g/mol. The molecule has 0 bridgehead atoms. The number of carbonyl (C=O) groups excluding carboxylic acids is 1. The molecule has 2 aromatic rings. The van der Waals surface area contributed by atoms with E-state index in [0.29, 0.717) is 12.0 Å². The molecule has 1 heterocycles. The largest absolute Gasteiger partial charge is 0.598 e. The maximum atomic E-state index is 13.5. The first kappa shape index (κ1) is 22.9. The molecule has 2 N–H and O–H groups in total. The van der Waals surface area contributed by atoms with Crippen LogP contribution in [0.1, 0.15) is 49.2 Å². The van der Waals surface area contributed by atoms with Crippen molar-refractivity contribution >= 4 is 28.6 Å². The van der Waals surface area contributed by atoms with Gasteiger partial charge in [0.05, 0.1) is 23.1 Å². The maximum Gasteiger partial charge on any atom is 0.270 e. The third kappa shape index (κ3) is 5.12. The summed E-state index contributed by atoms with van der Waals surface area (Å²) in [6.07, 6.45) is 0.389. The molecule has 0 aliphatic carbocycles. The molecule has 2 unspecified atom stereocenters. The molecule has 2 atom stereocenters. The lowest BCUT2D eigenvalue weighted by Crippen LogP contribution is -2.42. The van der Waals surface area contributed by atoms with E-state index in [9.17, 15) is 28.2 Å². The number of rotatable bonds is 5. The Morgan fingerprint density at radius 2 is 1.94 bits per heavy atom. The lowest BCUT2D eigenvalue weighted by molar-refractivity contribution is -0.385. The van der Waals surface area contributed by atoms with Crippen LogP contribution < -0.4 is 14.8 Å². The molecule has 1 aliphatic rings. The number of benzene rings is 2. The molecule has 0 aromatic heterocycles.